The molecule has 1 amide bonds. The first-order valence-corrected chi connectivity index (χ1v) is 4.75. The van der Waals surface area contributed by atoms with Gasteiger partial charge in [-0.15, -0.1) is 6.54 Å². The van der Waals surface area contributed by atoms with Crippen molar-refractivity contribution in [2.75, 3.05) is 13.6 Å². The SMILES string of the molecule is CC.CC.C[C-]1CC(=O)N(C)C1.[Rb+]. The summed E-state index contributed by atoms with van der Waals surface area (Å²) in [6, 6.07) is 0. The van der Waals surface area contributed by atoms with Crippen LogP contribution in [0, 0.1) is 5.92 Å². The van der Waals surface area contributed by atoms with Gasteiger partial charge in [0.1, 0.15) is 0 Å². The molecule has 1 rings (SSSR count). The maximum absolute atomic E-state index is 10.7. The van der Waals surface area contributed by atoms with Gasteiger partial charge in [-0.25, -0.2) is 0 Å². The van der Waals surface area contributed by atoms with Gasteiger partial charge in [-0.05, 0) is 0 Å². The normalized spacial score (nSPS) is 14.9. The number of carbonyl (C=O) groups is 1. The van der Waals surface area contributed by atoms with E-state index >= 15 is 0 Å². The van der Waals surface area contributed by atoms with Crippen molar-refractivity contribution in [2.45, 2.75) is 41.0 Å². The zero-order valence-corrected chi connectivity index (χ0v) is 15.2. The van der Waals surface area contributed by atoms with Gasteiger partial charge >= 0.3 is 58.2 Å². The zero-order valence-electron chi connectivity index (χ0n) is 10.3. The fraction of sp³-hybridized carbons (Fsp3) is 0.800. The van der Waals surface area contributed by atoms with E-state index in [1.165, 1.54) is 5.92 Å². The Kier molecular flexibility index (Phi) is 20.2. The number of nitrogens with zero attached hydrogens (tertiary/aromatic N) is 1. The first-order chi connectivity index (χ1) is 5.70. The number of hydrogen-bond donors (Lipinski definition) is 0. The number of likely N-dealkylation sites (tertiary alicyclic amines) is 1. The summed E-state index contributed by atoms with van der Waals surface area (Å²) >= 11 is 0. The van der Waals surface area contributed by atoms with Gasteiger partial charge in [0.15, 0.2) is 5.91 Å². The molecule has 0 atom stereocenters. The molecule has 0 aliphatic carbocycles. The van der Waals surface area contributed by atoms with Crippen LogP contribution in [0.4, 0.5) is 0 Å². The Bertz CT molecular complexity index is 117. The molecule has 0 radical (unpaired) electrons. The summed E-state index contributed by atoms with van der Waals surface area (Å²) in [5, 5.41) is 0. The van der Waals surface area contributed by atoms with E-state index in [1.807, 2.05) is 41.7 Å². The van der Waals surface area contributed by atoms with Crippen LogP contribution in [0.15, 0.2) is 0 Å². The third kappa shape index (κ3) is 9.58. The third-order valence-electron chi connectivity index (χ3n) is 1.39. The van der Waals surface area contributed by atoms with Gasteiger partial charge in [0.2, 0.25) is 0 Å². The molecule has 0 aromatic heterocycles. The summed E-state index contributed by atoms with van der Waals surface area (Å²) in [4.78, 5) is 12.4. The predicted molar refractivity (Wildman–Crippen MR) is 53.9 cm³/mol. The molecular formula is C10H22NORb. The van der Waals surface area contributed by atoms with Gasteiger partial charge < -0.3 is 4.90 Å². The molecule has 0 spiro atoms. The van der Waals surface area contributed by atoms with E-state index in [-0.39, 0.29) is 64.1 Å². The molecule has 3 heteroatoms. The van der Waals surface area contributed by atoms with Crippen molar-refractivity contribution in [2.24, 2.45) is 0 Å². The molecule has 0 aromatic carbocycles. The minimum atomic E-state index is 0. The molecule has 0 unspecified atom stereocenters. The van der Waals surface area contributed by atoms with Crippen molar-refractivity contribution in [3.8, 4) is 0 Å². The van der Waals surface area contributed by atoms with Crippen LogP contribution < -0.4 is 58.2 Å². The van der Waals surface area contributed by atoms with E-state index in [0.29, 0.717) is 6.42 Å². The van der Waals surface area contributed by atoms with Crippen molar-refractivity contribution >= 4 is 5.91 Å². The zero-order chi connectivity index (χ0) is 10.1. The van der Waals surface area contributed by atoms with Gasteiger partial charge in [-0.1, -0.05) is 34.1 Å². The van der Waals surface area contributed by atoms with E-state index < -0.39 is 0 Å². The number of amides is 1. The van der Waals surface area contributed by atoms with E-state index in [9.17, 15) is 4.79 Å². The molecule has 0 aromatic rings. The summed E-state index contributed by atoms with van der Waals surface area (Å²) in [5.41, 5.74) is 0. The quantitative estimate of drug-likeness (QED) is 0.536. The Hall–Kier alpha value is 1.28. The van der Waals surface area contributed by atoms with Crippen LogP contribution in [0.1, 0.15) is 41.0 Å². The minimum absolute atomic E-state index is 0. The molecule has 74 valence electrons. The van der Waals surface area contributed by atoms with Crippen molar-refractivity contribution in [1.82, 2.24) is 4.90 Å². The largest absolute Gasteiger partial charge is 1.00 e. The van der Waals surface area contributed by atoms with Crippen LogP contribution in [-0.4, -0.2) is 24.4 Å². The Morgan fingerprint density at radius 3 is 1.69 bits per heavy atom. The van der Waals surface area contributed by atoms with Crippen LogP contribution in [-0.2, 0) is 4.79 Å². The fourth-order valence-electron chi connectivity index (χ4n) is 0.942. The summed E-state index contributed by atoms with van der Waals surface area (Å²) in [5.74, 6) is 1.53. The molecule has 0 N–H and O–H groups in total. The average molecular weight is 258 g/mol. The monoisotopic (exact) mass is 257 g/mol. The van der Waals surface area contributed by atoms with Crippen LogP contribution in [0.25, 0.3) is 0 Å². The first-order valence-electron chi connectivity index (χ1n) is 4.75. The van der Waals surface area contributed by atoms with E-state index in [1.54, 1.807) is 4.90 Å². The Balaban J connectivity index is -0.000000178. The van der Waals surface area contributed by atoms with Gasteiger partial charge in [-0.2, -0.15) is 6.92 Å². The van der Waals surface area contributed by atoms with Crippen LogP contribution >= 0.6 is 0 Å². The molecule has 2 nitrogen and oxygen atoms in total. The fourth-order valence-corrected chi connectivity index (χ4v) is 0.942. The molecule has 0 bridgehead atoms. The second kappa shape index (κ2) is 13.3. The second-order valence-electron chi connectivity index (χ2n) is 2.38. The summed E-state index contributed by atoms with van der Waals surface area (Å²) in [6.45, 7) is 10.9. The Morgan fingerprint density at radius 1 is 1.23 bits per heavy atom. The van der Waals surface area contributed by atoms with E-state index in [0.717, 1.165) is 6.54 Å². The van der Waals surface area contributed by atoms with Gasteiger partial charge in [-0.3, -0.25) is 10.7 Å². The predicted octanol–water partition coefficient (Wildman–Crippen LogP) is -0.501. The molecule has 1 heterocycles. The number of hydrogen-bond acceptors (Lipinski definition) is 1. The maximum atomic E-state index is 10.7. The van der Waals surface area contributed by atoms with Crippen LogP contribution in [0.5, 0.6) is 0 Å². The minimum Gasteiger partial charge on any atom is -0.378 e. The molecule has 1 saturated heterocycles. The van der Waals surface area contributed by atoms with Gasteiger partial charge in [0.05, 0.1) is 0 Å². The van der Waals surface area contributed by atoms with Crippen LogP contribution in [0.3, 0.4) is 0 Å². The Labute approximate surface area is 132 Å². The van der Waals surface area contributed by atoms with E-state index in [2.05, 4.69) is 0 Å². The first kappa shape index (κ1) is 19.8. The van der Waals surface area contributed by atoms with Crippen molar-refractivity contribution in [3.05, 3.63) is 5.92 Å². The van der Waals surface area contributed by atoms with Crippen LogP contribution in [0.2, 0.25) is 0 Å². The standard InChI is InChI=1S/C6H10NO.2C2H6.Rb/c1-5-3-6(8)7(2)4-5;2*1-2;/h3-4H2,1-2H3;2*1-2H3;/q-1;;;+1. The molecule has 1 aliphatic rings. The smallest absolute Gasteiger partial charge is 0.378 e. The van der Waals surface area contributed by atoms with Crippen molar-refractivity contribution in [1.29, 1.82) is 0 Å². The number of carbonyl (C=O) groups excluding carboxylic acids is 1. The topological polar surface area (TPSA) is 20.3 Å². The summed E-state index contributed by atoms with van der Waals surface area (Å²) in [6.07, 6.45) is 0.663. The second-order valence-corrected chi connectivity index (χ2v) is 2.38. The molecule has 13 heavy (non-hydrogen) atoms. The average Bonchev–Trinajstić information content (AvgIpc) is 2.37. The van der Waals surface area contributed by atoms with Gasteiger partial charge in [0, 0.05) is 7.05 Å². The summed E-state index contributed by atoms with van der Waals surface area (Å²) < 4.78 is 0. The molecule has 0 saturated carbocycles. The van der Waals surface area contributed by atoms with Crippen molar-refractivity contribution in [3.63, 3.8) is 0 Å². The third-order valence-corrected chi connectivity index (χ3v) is 1.39. The molecule has 1 aliphatic heterocycles. The molecular weight excluding hydrogens is 236 g/mol. The number of rotatable bonds is 0. The maximum Gasteiger partial charge on any atom is 1.00 e. The molecule has 1 fully saturated rings. The van der Waals surface area contributed by atoms with E-state index in [4.69, 9.17) is 0 Å². The summed E-state index contributed by atoms with van der Waals surface area (Å²) in [7, 11) is 1.83. The van der Waals surface area contributed by atoms with Crippen molar-refractivity contribution < 1.29 is 63.0 Å². The Morgan fingerprint density at radius 2 is 1.62 bits per heavy atom. The van der Waals surface area contributed by atoms with Gasteiger partial charge in [0.25, 0.3) is 0 Å².